The van der Waals surface area contributed by atoms with E-state index in [9.17, 15) is 4.79 Å². The molecule has 2 aromatic heterocycles. The molecule has 28 heavy (non-hydrogen) atoms. The lowest BCUT2D eigenvalue weighted by molar-refractivity contribution is -0.127. The van der Waals surface area contributed by atoms with Crippen molar-refractivity contribution < 1.29 is 9.53 Å². The number of carbonyl (C=O) groups is 1. The lowest BCUT2D eigenvalue weighted by Crippen LogP contribution is -2.36. The molecular formula is C21H22ClN3O2S. The van der Waals surface area contributed by atoms with E-state index in [-0.39, 0.29) is 5.91 Å². The Labute approximate surface area is 173 Å². The van der Waals surface area contributed by atoms with Crippen LogP contribution in [-0.2, 0) is 11.2 Å². The van der Waals surface area contributed by atoms with Crippen LogP contribution in [0.4, 0.5) is 0 Å². The lowest BCUT2D eigenvalue weighted by Gasteiger charge is -2.15. The van der Waals surface area contributed by atoms with Gasteiger partial charge in [-0.3, -0.25) is 9.78 Å². The highest BCUT2D eigenvalue weighted by atomic mass is 35.5. The van der Waals surface area contributed by atoms with Gasteiger partial charge in [0.25, 0.3) is 5.91 Å². The maximum atomic E-state index is 12.2. The van der Waals surface area contributed by atoms with Crippen molar-refractivity contribution in [3.8, 4) is 17.0 Å². The van der Waals surface area contributed by atoms with Crippen LogP contribution in [0, 0.1) is 6.92 Å². The Morgan fingerprint density at radius 3 is 2.82 bits per heavy atom. The zero-order valence-corrected chi connectivity index (χ0v) is 17.4. The van der Waals surface area contributed by atoms with Gasteiger partial charge in [-0.1, -0.05) is 11.6 Å². The molecule has 2 heterocycles. The van der Waals surface area contributed by atoms with Crippen molar-refractivity contribution in [3.63, 3.8) is 0 Å². The Kier molecular flexibility index (Phi) is 7.01. The van der Waals surface area contributed by atoms with Crippen LogP contribution in [0.1, 0.15) is 23.9 Å². The van der Waals surface area contributed by atoms with Gasteiger partial charge in [0.15, 0.2) is 6.10 Å². The van der Waals surface area contributed by atoms with E-state index in [1.807, 2.05) is 30.5 Å². The second kappa shape index (κ2) is 9.66. The fourth-order valence-electron chi connectivity index (χ4n) is 2.62. The number of aryl methyl sites for hydroxylation is 2. The summed E-state index contributed by atoms with van der Waals surface area (Å²) in [6, 6.07) is 9.26. The van der Waals surface area contributed by atoms with Gasteiger partial charge in [-0.15, -0.1) is 11.3 Å². The second-order valence-electron chi connectivity index (χ2n) is 6.43. The van der Waals surface area contributed by atoms with Crippen LogP contribution < -0.4 is 10.1 Å². The molecule has 146 valence electrons. The predicted molar refractivity (Wildman–Crippen MR) is 113 cm³/mol. The molecule has 0 spiro atoms. The molecule has 1 amide bonds. The van der Waals surface area contributed by atoms with Crippen molar-refractivity contribution in [1.29, 1.82) is 0 Å². The summed E-state index contributed by atoms with van der Waals surface area (Å²) in [5, 5.41) is 6.70. The van der Waals surface area contributed by atoms with Gasteiger partial charge in [0.1, 0.15) is 5.75 Å². The van der Waals surface area contributed by atoms with E-state index in [1.54, 1.807) is 42.8 Å². The van der Waals surface area contributed by atoms with Crippen LogP contribution in [0.3, 0.4) is 0 Å². The summed E-state index contributed by atoms with van der Waals surface area (Å²) in [5.41, 5.74) is 2.95. The normalized spacial score (nSPS) is 11.8. The molecule has 1 N–H and O–H groups in total. The molecule has 7 heteroatoms. The minimum Gasteiger partial charge on any atom is -0.481 e. The molecule has 0 aliphatic heterocycles. The standard InChI is InChI=1S/C21H22ClN3O2S/c1-14-12-17(5-6-18(14)22)27-15(2)21(26)24-9-3-4-20-25-19(13-28-20)16-7-10-23-11-8-16/h5-8,10-13,15H,3-4,9H2,1-2H3,(H,24,26). The molecule has 5 nitrogen and oxygen atoms in total. The van der Waals surface area contributed by atoms with E-state index in [2.05, 4.69) is 15.3 Å². The van der Waals surface area contributed by atoms with Gasteiger partial charge in [0, 0.05) is 41.3 Å². The summed E-state index contributed by atoms with van der Waals surface area (Å²) >= 11 is 7.64. The number of ether oxygens (including phenoxy) is 1. The van der Waals surface area contributed by atoms with Crippen molar-refractivity contribution in [2.45, 2.75) is 32.8 Å². The molecule has 0 saturated carbocycles. The number of thiazole rings is 1. The van der Waals surface area contributed by atoms with Gasteiger partial charge >= 0.3 is 0 Å². The van der Waals surface area contributed by atoms with E-state index in [0.29, 0.717) is 17.3 Å². The Morgan fingerprint density at radius 1 is 1.29 bits per heavy atom. The molecule has 0 aliphatic rings. The number of benzene rings is 1. The Balaban J connectivity index is 1.41. The Bertz CT molecular complexity index is 930. The Hall–Kier alpha value is -2.44. The van der Waals surface area contributed by atoms with Crippen molar-refractivity contribution in [3.05, 3.63) is 63.7 Å². The zero-order valence-electron chi connectivity index (χ0n) is 15.8. The Morgan fingerprint density at radius 2 is 2.07 bits per heavy atom. The molecule has 0 aliphatic carbocycles. The molecule has 3 aromatic rings. The van der Waals surface area contributed by atoms with Crippen LogP contribution >= 0.6 is 22.9 Å². The highest BCUT2D eigenvalue weighted by Crippen LogP contribution is 2.23. The first-order valence-electron chi connectivity index (χ1n) is 9.08. The summed E-state index contributed by atoms with van der Waals surface area (Å²) in [5.74, 6) is 0.500. The largest absolute Gasteiger partial charge is 0.481 e. The molecule has 0 saturated heterocycles. The summed E-state index contributed by atoms with van der Waals surface area (Å²) in [7, 11) is 0. The van der Waals surface area contributed by atoms with Gasteiger partial charge in [0.05, 0.1) is 10.7 Å². The molecule has 0 fully saturated rings. The van der Waals surface area contributed by atoms with E-state index in [4.69, 9.17) is 16.3 Å². The number of carbonyl (C=O) groups excluding carboxylic acids is 1. The van der Waals surface area contributed by atoms with Gasteiger partial charge in [-0.05, 0) is 56.2 Å². The molecule has 3 rings (SSSR count). The average Bonchev–Trinajstić information content (AvgIpc) is 3.17. The SMILES string of the molecule is Cc1cc(OC(C)C(=O)NCCCc2nc(-c3ccncc3)cs2)ccc1Cl. The van der Waals surface area contributed by atoms with Crippen LogP contribution in [0.15, 0.2) is 48.1 Å². The third kappa shape index (κ3) is 5.53. The van der Waals surface area contributed by atoms with Crippen LogP contribution in [0.2, 0.25) is 5.02 Å². The average molecular weight is 416 g/mol. The zero-order chi connectivity index (χ0) is 19.9. The van der Waals surface area contributed by atoms with E-state index in [1.165, 1.54) is 0 Å². The van der Waals surface area contributed by atoms with Crippen molar-refractivity contribution >= 4 is 28.8 Å². The van der Waals surface area contributed by atoms with Crippen molar-refractivity contribution in [2.75, 3.05) is 6.54 Å². The number of hydrogen-bond acceptors (Lipinski definition) is 5. The maximum absolute atomic E-state index is 12.2. The lowest BCUT2D eigenvalue weighted by atomic mass is 10.2. The summed E-state index contributed by atoms with van der Waals surface area (Å²) in [6.45, 7) is 4.22. The fourth-order valence-corrected chi connectivity index (χ4v) is 3.59. The maximum Gasteiger partial charge on any atom is 0.260 e. The van der Waals surface area contributed by atoms with Crippen LogP contribution in [0.25, 0.3) is 11.3 Å². The molecule has 0 bridgehead atoms. The molecule has 1 atom stereocenters. The van der Waals surface area contributed by atoms with E-state index in [0.717, 1.165) is 34.7 Å². The van der Waals surface area contributed by atoms with Crippen LogP contribution in [0.5, 0.6) is 5.75 Å². The van der Waals surface area contributed by atoms with Crippen molar-refractivity contribution in [2.24, 2.45) is 0 Å². The third-order valence-electron chi connectivity index (χ3n) is 4.21. The number of pyridine rings is 1. The quantitative estimate of drug-likeness (QED) is 0.542. The highest BCUT2D eigenvalue weighted by molar-refractivity contribution is 7.09. The third-order valence-corrected chi connectivity index (χ3v) is 5.54. The van der Waals surface area contributed by atoms with E-state index < -0.39 is 6.10 Å². The first kappa shape index (κ1) is 20.3. The molecule has 1 unspecified atom stereocenters. The van der Waals surface area contributed by atoms with Gasteiger partial charge in [-0.25, -0.2) is 4.98 Å². The minimum absolute atomic E-state index is 0.135. The van der Waals surface area contributed by atoms with Gasteiger partial charge in [-0.2, -0.15) is 0 Å². The predicted octanol–water partition coefficient (Wildman–Crippen LogP) is 4.68. The number of aromatic nitrogens is 2. The smallest absolute Gasteiger partial charge is 0.260 e. The first-order valence-corrected chi connectivity index (χ1v) is 10.3. The number of halogens is 1. The summed E-state index contributed by atoms with van der Waals surface area (Å²) < 4.78 is 5.69. The molecule has 0 radical (unpaired) electrons. The highest BCUT2D eigenvalue weighted by Gasteiger charge is 2.14. The second-order valence-corrected chi connectivity index (χ2v) is 7.78. The van der Waals surface area contributed by atoms with E-state index >= 15 is 0 Å². The summed E-state index contributed by atoms with van der Waals surface area (Å²) in [6.07, 6.45) is 4.60. The molecular weight excluding hydrogens is 394 g/mol. The fraction of sp³-hybridized carbons (Fsp3) is 0.286. The molecule has 1 aromatic carbocycles. The monoisotopic (exact) mass is 415 g/mol. The number of amides is 1. The first-order chi connectivity index (χ1) is 13.5. The van der Waals surface area contributed by atoms with Gasteiger partial charge < -0.3 is 10.1 Å². The number of nitrogens with zero attached hydrogens (tertiary/aromatic N) is 2. The number of hydrogen-bond donors (Lipinski definition) is 1. The number of rotatable bonds is 8. The number of nitrogens with one attached hydrogen (secondary N) is 1. The van der Waals surface area contributed by atoms with Gasteiger partial charge in [0.2, 0.25) is 0 Å². The van der Waals surface area contributed by atoms with Crippen LogP contribution in [-0.4, -0.2) is 28.5 Å². The minimum atomic E-state index is -0.571. The topological polar surface area (TPSA) is 64.1 Å². The van der Waals surface area contributed by atoms with Crippen molar-refractivity contribution in [1.82, 2.24) is 15.3 Å². The summed E-state index contributed by atoms with van der Waals surface area (Å²) in [4.78, 5) is 20.9.